The largest absolute Gasteiger partial charge is 0.497 e. The third-order valence-corrected chi connectivity index (χ3v) is 3.04. The van der Waals surface area contributed by atoms with E-state index in [9.17, 15) is 9.18 Å². The predicted molar refractivity (Wildman–Crippen MR) is 70.8 cm³/mol. The molecular formula is C14H20FNO3. The molecule has 1 rings (SSSR count). The van der Waals surface area contributed by atoms with Crippen LogP contribution < -0.4 is 10.1 Å². The Hall–Kier alpha value is -1.62. The molecule has 106 valence electrons. The van der Waals surface area contributed by atoms with Crippen molar-refractivity contribution >= 4 is 5.97 Å². The number of aliphatic carboxylic acids is 1. The Labute approximate surface area is 112 Å². The van der Waals surface area contributed by atoms with Crippen molar-refractivity contribution in [2.24, 2.45) is 5.92 Å². The number of nitrogens with one attached hydrogen (secondary N) is 1. The van der Waals surface area contributed by atoms with Gasteiger partial charge in [0.05, 0.1) is 7.11 Å². The molecule has 0 radical (unpaired) electrons. The summed E-state index contributed by atoms with van der Waals surface area (Å²) in [6, 6.07) is 3.44. The van der Waals surface area contributed by atoms with Gasteiger partial charge in [-0.2, -0.15) is 0 Å². The van der Waals surface area contributed by atoms with Crippen LogP contribution in [-0.2, 0) is 4.79 Å². The quantitative estimate of drug-likeness (QED) is 0.833. The zero-order valence-electron chi connectivity index (χ0n) is 11.6. The SMILES string of the molecule is COc1ccc(C(C)NC(C(=O)O)C(C)C)c(F)c1. The number of hydrogen-bond acceptors (Lipinski definition) is 3. The van der Waals surface area contributed by atoms with Crippen LogP contribution in [0.4, 0.5) is 4.39 Å². The number of carboxylic acids is 1. The lowest BCUT2D eigenvalue weighted by Crippen LogP contribution is -2.42. The molecule has 0 heterocycles. The van der Waals surface area contributed by atoms with Crippen molar-refractivity contribution < 1.29 is 19.0 Å². The van der Waals surface area contributed by atoms with E-state index in [2.05, 4.69) is 5.32 Å². The molecule has 0 bridgehead atoms. The van der Waals surface area contributed by atoms with Crippen LogP contribution in [0, 0.1) is 11.7 Å². The third-order valence-electron chi connectivity index (χ3n) is 3.04. The van der Waals surface area contributed by atoms with Crippen molar-refractivity contribution in [1.29, 1.82) is 0 Å². The number of halogens is 1. The highest BCUT2D eigenvalue weighted by Crippen LogP contribution is 2.22. The van der Waals surface area contributed by atoms with Crippen LogP contribution in [0.5, 0.6) is 5.75 Å². The van der Waals surface area contributed by atoms with Crippen LogP contribution in [-0.4, -0.2) is 24.2 Å². The van der Waals surface area contributed by atoms with Crippen molar-refractivity contribution in [3.8, 4) is 5.75 Å². The lowest BCUT2D eigenvalue weighted by atomic mass is 10.0. The highest BCUT2D eigenvalue weighted by Gasteiger charge is 2.24. The summed E-state index contributed by atoms with van der Waals surface area (Å²) < 4.78 is 18.8. The monoisotopic (exact) mass is 269 g/mol. The molecule has 1 aromatic rings. The molecule has 0 aliphatic heterocycles. The van der Waals surface area contributed by atoms with E-state index in [1.807, 2.05) is 13.8 Å². The number of carbonyl (C=O) groups is 1. The smallest absolute Gasteiger partial charge is 0.320 e. The molecule has 0 aliphatic carbocycles. The van der Waals surface area contributed by atoms with E-state index >= 15 is 0 Å². The normalized spacial score (nSPS) is 14.2. The number of hydrogen-bond donors (Lipinski definition) is 2. The Bertz CT molecular complexity index is 448. The fraction of sp³-hybridized carbons (Fsp3) is 0.500. The maximum Gasteiger partial charge on any atom is 0.320 e. The number of carboxylic acid groups (broad SMARTS) is 1. The summed E-state index contributed by atoms with van der Waals surface area (Å²) in [7, 11) is 1.47. The molecule has 0 saturated heterocycles. The van der Waals surface area contributed by atoms with Gasteiger partial charge < -0.3 is 9.84 Å². The first-order chi connectivity index (χ1) is 8.86. The third kappa shape index (κ3) is 3.92. The molecule has 1 aromatic carbocycles. The summed E-state index contributed by atoms with van der Waals surface area (Å²) in [5, 5.41) is 12.0. The molecular weight excluding hydrogens is 249 g/mol. The maximum absolute atomic E-state index is 13.9. The first-order valence-corrected chi connectivity index (χ1v) is 6.19. The lowest BCUT2D eigenvalue weighted by molar-refractivity contribution is -0.140. The van der Waals surface area contributed by atoms with Crippen molar-refractivity contribution in [1.82, 2.24) is 5.32 Å². The van der Waals surface area contributed by atoms with Gasteiger partial charge in [0, 0.05) is 17.7 Å². The van der Waals surface area contributed by atoms with Crippen LogP contribution in [0.15, 0.2) is 18.2 Å². The van der Waals surface area contributed by atoms with Gasteiger partial charge in [0.25, 0.3) is 0 Å². The molecule has 19 heavy (non-hydrogen) atoms. The molecule has 2 unspecified atom stereocenters. The van der Waals surface area contributed by atoms with Crippen LogP contribution in [0.3, 0.4) is 0 Å². The van der Waals surface area contributed by atoms with Gasteiger partial charge in [-0.1, -0.05) is 19.9 Å². The summed E-state index contributed by atoms with van der Waals surface area (Å²) >= 11 is 0. The molecule has 0 amide bonds. The van der Waals surface area contributed by atoms with Gasteiger partial charge in [-0.3, -0.25) is 10.1 Å². The molecule has 2 N–H and O–H groups in total. The topological polar surface area (TPSA) is 58.6 Å². The Kier molecular flexibility index (Phi) is 5.30. The second-order valence-corrected chi connectivity index (χ2v) is 4.84. The van der Waals surface area contributed by atoms with E-state index in [0.29, 0.717) is 11.3 Å². The van der Waals surface area contributed by atoms with Gasteiger partial charge >= 0.3 is 5.97 Å². The fourth-order valence-electron chi connectivity index (χ4n) is 1.89. The molecule has 0 aromatic heterocycles. The van der Waals surface area contributed by atoms with E-state index in [-0.39, 0.29) is 5.92 Å². The molecule has 2 atom stereocenters. The Morgan fingerprint density at radius 1 is 1.37 bits per heavy atom. The molecule has 4 nitrogen and oxygen atoms in total. The zero-order chi connectivity index (χ0) is 14.6. The zero-order valence-corrected chi connectivity index (χ0v) is 11.6. The van der Waals surface area contributed by atoms with Crippen molar-refractivity contribution in [2.75, 3.05) is 7.11 Å². The minimum absolute atomic E-state index is 0.0822. The van der Waals surface area contributed by atoms with E-state index < -0.39 is 23.9 Å². The number of rotatable bonds is 6. The summed E-state index contributed by atoms with van der Waals surface area (Å²) in [4.78, 5) is 11.1. The molecule has 5 heteroatoms. The van der Waals surface area contributed by atoms with Gasteiger partial charge in [0.2, 0.25) is 0 Å². The van der Waals surface area contributed by atoms with Crippen molar-refractivity contribution in [3.63, 3.8) is 0 Å². The first kappa shape index (κ1) is 15.4. The molecule has 0 aliphatic rings. The predicted octanol–water partition coefficient (Wildman–Crippen LogP) is 2.59. The maximum atomic E-state index is 13.9. The van der Waals surface area contributed by atoms with Gasteiger partial charge in [0.1, 0.15) is 17.6 Å². The Morgan fingerprint density at radius 3 is 2.42 bits per heavy atom. The number of ether oxygens (including phenoxy) is 1. The Balaban J connectivity index is 2.88. The molecule has 0 fully saturated rings. The van der Waals surface area contributed by atoms with Crippen molar-refractivity contribution in [2.45, 2.75) is 32.9 Å². The van der Waals surface area contributed by atoms with E-state index in [0.717, 1.165) is 0 Å². The summed E-state index contributed by atoms with van der Waals surface area (Å²) in [6.07, 6.45) is 0. The number of benzene rings is 1. The summed E-state index contributed by atoms with van der Waals surface area (Å²) in [5.74, 6) is -0.989. The standard InChI is InChI=1S/C14H20FNO3/c1-8(2)13(14(17)18)16-9(3)11-6-5-10(19-4)7-12(11)15/h5-9,13,16H,1-4H3,(H,17,18). The molecule has 0 saturated carbocycles. The minimum atomic E-state index is -0.934. The van der Waals surface area contributed by atoms with Gasteiger partial charge in [-0.15, -0.1) is 0 Å². The van der Waals surface area contributed by atoms with E-state index in [1.54, 1.807) is 19.1 Å². The van der Waals surface area contributed by atoms with Crippen LogP contribution in [0.1, 0.15) is 32.4 Å². The highest BCUT2D eigenvalue weighted by molar-refractivity contribution is 5.73. The van der Waals surface area contributed by atoms with Crippen LogP contribution >= 0.6 is 0 Å². The Morgan fingerprint density at radius 2 is 2.00 bits per heavy atom. The first-order valence-electron chi connectivity index (χ1n) is 6.19. The van der Waals surface area contributed by atoms with Gasteiger partial charge in [-0.05, 0) is 18.9 Å². The minimum Gasteiger partial charge on any atom is -0.497 e. The summed E-state index contributed by atoms with van der Waals surface area (Å²) in [5.41, 5.74) is 0.424. The molecule has 0 spiro atoms. The van der Waals surface area contributed by atoms with E-state index in [4.69, 9.17) is 9.84 Å². The van der Waals surface area contributed by atoms with Gasteiger partial charge in [-0.25, -0.2) is 4.39 Å². The second kappa shape index (κ2) is 6.52. The van der Waals surface area contributed by atoms with Crippen LogP contribution in [0.25, 0.3) is 0 Å². The highest BCUT2D eigenvalue weighted by atomic mass is 19.1. The average Bonchev–Trinajstić information content (AvgIpc) is 2.34. The van der Waals surface area contributed by atoms with Gasteiger partial charge in [0.15, 0.2) is 0 Å². The second-order valence-electron chi connectivity index (χ2n) is 4.84. The summed E-state index contributed by atoms with van der Waals surface area (Å²) in [6.45, 7) is 5.36. The van der Waals surface area contributed by atoms with Crippen LogP contribution in [0.2, 0.25) is 0 Å². The lowest BCUT2D eigenvalue weighted by Gasteiger charge is -2.23. The average molecular weight is 269 g/mol. The number of methoxy groups -OCH3 is 1. The fourth-order valence-corrected chi connectivity index (χ4v) is 1.89. The van der Waals surface area contributed by atoms with E-state index in [1.165, 1.54) is 13.2 Å². The van der Waals surface area contributed by atoms with Crippen molar-refractivity contribution in [3.05, 3.63) is 29.6 Å².